The van der Waals surface area contributed by atoms with Crippen LogP contribution in [-0.2, 0) is 0 Å². The number of hydrogen-bond acceptors (Lipinski definition) is 2. The molecule has 1 nitrogen and oxygen atoms in total. The Balaban J connectivity index is 3.29. The summed E-state index contributed by atoms with van der Waals surface area (Å²) >= 11 is 4.76. The molecule has 0 saturated carbocycles. The molecule has 1 unspecified atom stereocenters. The Labute approximate surface area is 69.2 Å². The molecule has 0 aromatic heterocycles. The molecule has 10 heavy (non-hydrogen) atoms. The van der Waals surface area contributed by atoms with Gasteiger partial charge in [-0.3, -0.25) is 0 Å². The fourth-order valence-electron chi connectivity index (χ4n) is 1.04. The highest BCUT2D eigenvalue weighted by atomic mass is 32.1. The molecular formula is C8H17NS. The smallest absolute Gasteiger partial charge is 0.00235 e. The van der Waals surface area contributed by atoms with Gasteiger partial charge in [0, 0.05) is 0 Å². The highest BCUT2D eigenvalue weighted by Gasteiger charge is 2.01. The molecule has 0 aromatic rings. The Hall–Kier alpha value is 0.0500. The summed E-state index contributed by atoms with van der Waals surface area (Å²) < 4.78 is 0. The molecule has 0 saturated heterocycles. The highest BCUT2D eigenvalue weighted by Crippen LogP contribution is 2.07. The summed E-state index contributed by atoms with van der Waals surface area (Å²) in [6.07, 6.45) is 3.57. The quantitative estimate of drug-likeness (QED) is 0.595. The average molecular weight is 159 g/mol. The first-order valence-corrected chi connectivity index (χ1v) is 4.40. The minimum Gasteiger partial charge on any atom is -0.319 e. The number of rotatable bonds is 6. The van der Waals surface area contributed by atoms with Crippen LogP contribution in [-0.4, -0.2) is 19.0 Å². The van der Waals surface area contributed by atoms with Crippen LogP contribution in [0.15, 0.2) is 0 Å². The first kappa shape index (κ1) is 10.0. The van der Waals surface area contributed by atoms with Crippen molar-refractivity contribution in [1.82, 2.24) is 5.32 Å². The lowest BCUT2D eigenvalue weighted by atomic mass is 10.0. The van der Waals surface area contributed by atoms with E-state index in [2.05, 4.69) is 12.2 Å². The van der Waals surface area contributed by atoms with E-state index >= 15 is 0 Å². The molecule has 0 aliphatic carbocycles. The van der Waals surface area contributed by atoms with Crippen molar-refractivity contribution >= 4 is 17.6 Å². The topological polar surface area (TPSA) is 12.0 Å². The van der Waals surface area contributed by atoms with Crippen LogP contribution >= 0.6 is 12.2 Å². The second-order valence-corrected chi connectivity index (χ2v) is 2.91. The second-order valence-electron chi connectivity index (χ2n) is 2.58. The summed E-state index contributed by atoms with van der Waals surface area (Å²) in [6, 6.07) is 0. The van der Waals surface area contributed by atoms with E-state index < -0.39 is 0 Å². The zero-order valence-corrected chi connectivity index (χ0v) is 7.71. The van der Waals surface area contributed by atoms with Gasteiger partial charge in [0.25, 0.3) is 0 Å². The van der Waals surface area contributed by atoms with Crippen LogP contribution in [0, 0.1) is 5.92 Å². The third kappa shape index (κ3) is 4.89. The highest BCUT2D eigenvalue weighted by molar-refractivity contribution is 7.78. The van der Waals surface area contributed by atoms with E-state index in [-0.39, 0.29) is 0 Å². The lowest BCUT2D eigenvalue weighted by molar-refractivity contribution is 0.460. The van der Waals surface area contributed by atoms with Crippen molar-refractivity contribution in [1.29, 1.82) is 0 Å². The standard InChI is InChI=1S/C8H17NS/c1-3-8(7-9-2)5-4-6-10/h6,8-9H,3-5,7H2,1-2H3. The number of hydrogen-bond donors (Lipinski definition) is 1. The van der Waals surface area contributed by atoms with E-state index in [0.717, 1.165) is 18.9 Å². The average Bonchev–Trinajstić information content (AvgIpc) is 1.98. The van der Waals surface area contributed by atoms with Crippen LogP contribution in [0.4, 0.5) is 0 Å². The molecular weight excluding hydrogens is 142 g/mol. The van der Waals surface area contributed by atoms with Gasteiger partial charge in [-0.15, -0.1) is 0 Å². The minimum absolute atomic E-state index is 0.809. The largest absolute Gasteiger partial charge is 0.319 e. The Bertz CT molecular complexity index is 83.3. The van der Waals surface area contributed by atoms with Crippen LogP contribution in [0.5, 0.6) is 0 Å². The molecule has 0 aliphatic rings. The number of thiocarbonyl (C=S) groups is 1. The summed E-state index contributed by atoms with van der Waals surface area (Å²) in [7, 11) is 2.00. The van der Waals surface area contributed by atoms with Crippen molar-refractivity contribution in [2.24, 2.45) is 5.92 Å². The van der Waals surface area contributed by atoms with E-state index in [1.807, 2.05) is 12.4 Å². The minimum atomic E-state index is 0.809. The molecule has 0 aliphatic heterocycles. The van der Waals surface area contributed by atoms with Crippen molar-refractivity contribution in [2.75, 3.05) is 13.6 Å². The van der Waals surface area contributed by atoms with Gasteiger partial charge in [0.1, 0.15) is 0 Å². The summed E-state index contributed by atoms with van der Waals surface area (Å²) in [5.74, 6) is 0.809. The van der Waals surface area contributed by atoms with E-state index in [0.29, 0.717) is 0 Å². The van der Waals surface area contributed by atoms with Crippen molar-refractivity contribution < 1.29 is 0 Å². The lowest BCUT2D eigenvalue weighted by Gasteiger charge is -2.11. The van der Waals surface area contributed by atoms with E-state index in [1.165, 1.54) is 12.8 Å². The van der Waals surface area contributed by atoms with E-state index in [1.54, 1.807) is 0 Å². The molecule has 0 aromatic carbocycles. The van der Waals surface area contributed by atoms with Gasteiger partial charge in [-0.2, -0.15) is 0 Å². The molecule has 0 radical (unpaired) electrons. The van der Waals surface area contributed by atoms with Gasteiger partial charge in [0.05, 0.1) is 0 Å². The molecule has 60 valence electrons. The van der Waals surface area contributed by atoms with Crippen LogP contribution in [0.2, 0.25) is 0 Å². The Kier molecular flexibility index (Phi) is 7.20. The summed E-state index contributed by atoms with van der Waals surface area (Å²) in [6.45, 7) is 3.35. The van der Waals surface area contributed by atoms with Crippen LogP contribution in [0.3, 0.4) is 0 Å². The van der Waals surface area contributed by atoms with Gasteiger partial charge < -0.3 is 5.32 Å². The predicted octanol–water partition coefficient (Wildman–Crippen LogP) is 2.01. The Morgan fingerprint density at radius 2 is 2.30 bits per heavy atom. The third-order valence-corrected chi connectivity index (χ3v) is 2.00. The maximum Gasteiger partial charge on any atom is -0.00235 e. The van der Waals surface area contributed by atoms with Crippen molar-refractivity contribution in [2.45, 2.75) is 26.2 Å². The van der Waals surface area contributed by atoms with Crippen molar-refractivity contribution in [3.8, 4) is 0 Å². The molecule has 0 amide bonds. The first-order chi connectivity index (χ1) is 4.85. The fourth-order valence-corrected chi connectivity index (χ4v) is 1.18. The van der Waals surface area contributed by atoms with Gasteiger partial charge in [0.15, 0.2) is 0 Å². The first-order valence-electron chi connectivity index (χ1n) is 3.93. The maximum atomic E-state index is 4.76. The summed E-state index contributed by atoms with van der Waals surface area (Å²) in [5, 5.41) is 5.01. The van der Waals surface area contributed by atoms with Gasteiger partial charge in [-0.1, -0.05) is 25.6 Å². The summed E-state index contributed by atoms with van der Waals surface area (Å²) in [5.41, 5.74) is 0. The molecule has 1 N–H and O–H groups in total. The lowest BCUT2D eigenvalue weighted by Crippen LogP contribution is -2.18. The maximum absolute atomic E-state index is 4.76. The fraction of sp³-hybridized carbons (Fsp3) is 0.875. The van der Waals surface area contributed by atoms with Crippen LogP contribution in [0.1, 0.15) is 26.2 Å². The second kappa shape index (κ2) is 7.16. The van der Waals surface area contributed by atoms with E-state index in [4.69, 9.17) is 12.2 Å². The zero-order valence-electron chi connectivity index (χ0n) is 6.89. The molecule has 0 heterocycles. The monoisotopic (exact) mass is 159 g/mol. The van der Waals surface area contributed by atoms with Gasteiger partial charge in [-0.05, 0) is 37.7 Å². The molecule has 0 fully saturated rings. The molecule has 2 heteroatoms. The van der Waals surface area contributed by atoms with Crippen LogP contribution < -0.4 is 5.32 Å². The molecule has 0 bridgehead atoms. The molecule has 1 atom stereocenters. The zero-order chi connectivity index (χ0) is 7.82. The summed E-state index contributed by atoms with van der Waals surface area (Å²) in [4.78, 5) is 0. The Morgan fingerprint density at radius 3 is 2.70 bits per heavy atom. The molecule has 0 rings (SSSR count). The van der Waals surface area contributed by atoms with Crippen LogP contribution in [0.25, 0.3) is 0 Å². The number of nitrogens with one attached hydrogen (secondary N) is 1. The van der Waals surface area contributed by atoms with Gasteiger partial charge in [0.2, 0.25) is 0 Å². The van der Waals surface area contributed by atoms with E-state index in [9.17, 15) is 0 Å². The van der Waals surface area contributed by atoms with Crippen molar-refractivity contribution in [3.05, 3.63) is 0 Å². The molecule has 0 spiro atoms. The normalized spacial score (nSPS) is 13.0. The van der Waals surface area contributed by atoms with Crippen molar-refractivity contribution in [3.63, 3.8) is 0 Å². The van der Waals surface area contributed by atoms with Gasteiger partial charge >= 0.3 is 0 Å². The van der Waals surface area contributed by atoms with Gasteiger partial charge in [-0.25, -0.2) is 0 Å². The Morgan fingerprint density at radius 1 is 1.60 bits per heavy atom. The predicted molar refractivity (Wildman–Crippen MR) is 50.6 cm³/mol. The third-order valence-electron chi connectivity index (χ3n) is 1.76. The SMILES string of the molecule is CCC(CCC=S)CNC.